The van der Waals surface area contributed by atoms with Crippen LogP contribution in [0.5, 0.6) is 0 Å². The van der Waals surface area contributed by atoms with Crippen LogP contribution in [-0.2, 0) is 4.79 Å². The van der Waals surface area contributed by atoms with E-state index < -0.39 is 0 Å². The molecule has 0 aromatic heterocycles. The monoisotopic (exact) mass is 280 g/mol. The van der Waals surface area contributed by atoms with Crippen LogP contribution in [-0.4, -0.2) is 36.8 Å². The fourth-order valence-electron chi connectivity index (χ4n) is 4.20. The van der Waals surface area contributed by atoms with Crippen molar-refractivity contribution in [1.29, 1.82) is 0 Å². The number of hydrogen-bond acceptors (Lipinski definition) is 3. The highest BCUT2D eigenvalue weighted by Crippen LogP contribution is 2.58. The quantitative estimate of drug-likeness (QED) is 0.733. The Morgan fingerprint density at radius 3 is 2.75 bits per heavy atom. The molecular formula is C16H28N2O2. The summed E-state index contributed by atoms with van der Waals surface area (Å²) in [5.41, 5.74) is 0.186. The SMILES string of the molecule is CC1(CNC(=O)C2CC23CCNCC3)CCCCC1O. The van der Waals surface area contributed by atoms with Gasteiger partial charge in [0, 0.05) is 17.9 Å². The fraction of sp³-hybridized carbons (Fsp3) is 0.938. The third kappa shape index (κ3) is 2.60. The summed E-state index contributed by atoms with van der Waals surface area (Å²) in [6, 6.07) is 0. The molecule has 0 bridgehead atoms. The van der Waals surface area contributed by atoms with Crippen molar-refractivity contribution in [3.8, 4) is 0 Å². The van der Waals surface area contributed by atoms with Gasteiger partial charge in [-0.05, 0) is 50.6 Å². The first kappa shape index (κ1) is 14.3. The number of hydrogen-bond donors (Lipinski definition) is 3. The van der Waals surface area contributed by atoms with Gasteiger partial charge in [0.05, 0.1) is 6.10 Å². The lowest BCUT2D eigenvalue weighted by atomic mass is 9.73. The van der Waals surface area contributed by atoms with Gasteiger partial charge in [0.15, 0.2) is 0 Å². The van der Waals surface area contributed by atoms with Crippen molar-refractivity contribution in [3.05, 3.63) is 0 Å². The van der Waals surface area contributed by atoms with Gasteiger partial charge in [-0.15, -0.1) is 0 Å². The molecule has 114 valence electrons. The molecule has 3 fully saturated rings. The Balaban J connectivity index is 1.50. The van der Waals surface area contributed by atoms with Crippen LogP contribution in [0.25, 0.3) is 0 Å². The number of aliphatic hydroxyl groups is 1. The largest absolute Gasteiger partial charge is 0.392 e. The second kappa shape index (κ2) is 5.30. The molecule has 1 spiro atoms. The average molecular weight is 280 g/mol. The zero-order valence-electron chi connectivity index (χ0n) is 12.6. The summed E-state index contributed by atoms with van der Waals surface area (Å²) in [5.74, 6) is 0.458. The lowest BCUT2D eigenvalue weighted by Gasteiger charge is -2.38. The summed E-state index contributed by atoms with van der Waals surface area (Å²) < 4.78 is 0. The zero-order chi connectivity index (χ0) is 14.2. The lowest BCUT2D eigenvalue weighted by molar-refractivity contribution is -0.124. The normalized spacial score (nSPS) is 39.5. The van der Waals surface area contributed by atoms with Crippen LogP contribution in [0.3, 0.4) is 0 Å². The number of aliphatic hydroxyl groups excluding tert-OH is 1. The van der Waals surface area contributed by atoms with Crippen LogP contribution in [0.2, 0.25) is 0 Å². The lowest BCUT2D eigenvalue weighted by Crippen LogP contribution is -2.46. The van der Waals surface area contributed by atoms with E-state index in [1.54, 1.807) is 0 Å². The molecule has 3 aliphatic rings. The molecule has 2 saturated carbocycles. The van der Waals surface area contributed by atoms with E-state index in [0.29, 0.717) is 12.0 Å². The van der Waals surface area contributed by atoms with E-state index >= 15 is 0 Å². The van der Waals surface area contributed by atoms with Crippen LogP contribution in [0.1, 0.15) is 51.9 Å². The molecule has 3 rings (SSSR count). The second-order valence-corrected chi connectivity index (χ2v) is 7.50. The Bertz CT molecular complexity index is 379. The van der Waals surface area contributed by atoms with Crippen molar-refractivity contribution in [2.75, 3.05) is 19.6 Å². The summed E-state index contributed by atoms with van der Waals surface area (Å²) in [7, 11) is 0. The first-order valence-corrected chi connectivity index (χ1v) is 8.22. The molecule has 0 radical (unpaired) electrons. The summed E-state index contributed by atoms with van der Waals surface area (Å²) in [6.45, 7) is 4.86. The predicted octanol–water partition coefficient (Wildman–Crippen LogP) is 1.43. The highest BCUT2D eigenvalue weighted by Gasteiger charge is 2.57. The minimum atomic E-state index is -0.261. The molecular weight excluding hydrogens is 252 g/mol. The highest BCUT2D eigenvalue weighted by atomic mass is 16.3. The van der Waals surface area contributed by atoms with E-state index in [0.717, 1.165) is 51.6 Å². The Morgan fingerprint density at radius 2 is 2.05 bits per heavy atom. The Kier molecular flexibility index (Phi) is 3.80. The van der Waals surface area contributed by atoms with Crippen molar-refractivity contribution in [1.82, 2.24) is 10.6 Å². The first-order valence-electron chi connectivity index (χ1n) is 8.22. The van der Waals surface area contributed by atoms with Crippen molar-refractivity contribution < 1.29 is 9.90 Å². The molecule has 1 aliphatic heterocycles. The Labute approximate surface area is 121 Å². The van der Waals surface area contributed by atoms with Crippen molar-refractivity contribution in [2.45, 2.75) is 58.0 Å². The van der Waals surface area contributed by atoms with Gasteiger partial charge in [-0.25, -0.2) is 0 Å². The number of piperidine rings is 1. The van der Waals surface area contributed by atoms with E-state index in [2.05, 4.69) is 17.6 Å². The van der Waals surface area contributed by atoms with Gasteiger partial charge in [0.2, 0.25) is 5.91 Å². The molecule has 4 heteroatoms. The number of carbonyl (C=O) groups is 1. The van der Waals surface area contributed by atoms with Crippen LogP contribution in [0, 0.1) is 16.7 Å². The number of rotatable bonds is 3. The van der Waals surface area contributed by atoms with Crippen molar-refractivity contribution in [2.24, 2.45) is 16.7 Å². The number of carbonyl (C=O) groups excluding carboxylic acids is 1. The molecule has 1 amide bonds. The third-order valence-electron chi connectivity index (χ3n) is 6.05. The van der Waals surface area contributed by atoms with E-state index in [4.69, 9.17) is 0 Å². The molecule has 1 heterocycles. The van der Waals surface area contributed by atoms with Gasteiger partial charge in [0.25, 0.3) is 0 Å². The minimum Gasteiger partial charge on any atom is -0.392 e. The molecule has 3 atom stereocenters. The highest BCUT2D eigenvalue weighted by molar-refractivity contribution is 5.82. The van der Waals surface area contributed by atoms with E-state index in [1.807, 2.05) is 0 Å². The number of nitrogens with one attached hydrogen (secondary N) is 2. The van der Waals surface area contributed by atoms with Gasteiger partial charge in [-0.1, -0.05) is 19.8 Å². The fourth-order valence-corrected chi connectivity index (χ4v) is 4.20. The summed E-state index contributed by atoms with van der Waals surface area (Å²) in [6.07, 6.45) is 7.28. The van der Waals surface area contributed by atoms with Gasteiger partial charge in [-0.3, -0.25) is 4.79 Å². The van der Waals surface area contributed by atoms with Gasteiger partial charge in [-0.2, -0.15) is 0 Å². The molecule has 3 unspecified atom stereocenters. The topological polar surface area (TPSA) is 61.4 Å². The van der Waals surface area contributed by atoms with Crippen molar-refractivity contribution >= 4 is 5.91 Å². The molecule has 0 aromatic carbocycles. The smallest absolute Gasteiger partial charge is 0.223 e. The summed E-state index contributed by atoms with van der Waals surface area (Å²) in [4.78, 5) is 12.4. The Morgan fingerprint density at radius 1 is 1.30 bits per heavy atom. The predicted molar refractivity (Wildman–Crippen MR) is 78.2 cm³/mol. The van der Waals surface area contributed by atoms with Gasteiger partial charge >= 0.3 is 0 Å². The summed E-state index contributed by atoms with van der Waals surface area (Å²) in [5, 5.41) is 16.7. The van der Waals surface area contributed by atoms with Crippen LogP contribution >= 0.6 is 0 Å². The second-order valence-electron chi connectivity index (χ2n) is 7.50. The first-order chi connectivity index (χ1) is 9.56. The molecule has 1 saturated heterocycles. The Hall–Kier alpha value is -0.610. The average Bonchev–Trinajstić information content (AvgIpc) is 3.14. The maximum absolute atomic E-state index is 12.4. The minimum absolute atomic E-state index is 0.121. The molecule has 4 nitrogen and oxygen atoms in total. The molecule has 20 heavy (non-hydrogen) atoms. The van der Waals surface area contributed by atoms with E-state index in [1.165, 1.54) is 6.42 Å². The van der Waals surface area contributed by atoms with E-state index in [9.17, 15) is 9.90 Å². The van der Waals surface area contributed by atoms with Crippen LogP contribution in [0.4, 0.5) is 0 Å². The van der Waals surface area contributed by atoms with Crippen molar-refractivity contribution in [3.63, 3.8) is 0 Å². The number of amides is 1. The standard InChI is InChI=1S/C16H28N2O2/c1-15(5-3-2-4-13(15)19)11-18-14(20)12-10-16(12)6-8-17-9-7-16/h12-13,17,19H,2-11H2,1H3,(H,18,20). The molecule has 2 aliphatic carbocycles. The molecule has 3 N–H and O–H groups in total. The van der Waals surface area contributed by atoms with Crippen LogP contribution in [0.15, 0.2) is 0 Å². The zero-order valence-corrected chi connectivity index (χ0v) is 12.6. The van der Waals surface area contributed by atoms with E-state index in [-0.39, 0.29) is 23.3 Å². The summed E-state index contributed by atoms with van der Waals surface area (Å²) >= 11 is 0. The van der Waals surface area contributed by atoms with Gasteiger partial charge < -0.3 is 15.7 Å². The maximum Gasteiger partial charge on any atom is 0.223 e. The maximum atomic E-state index is 12.4. The van der Waals surface area contributed by atoms with Crippen LogP contribution < -0.4 is 10.6 Å². The van der Waals surface area contributed by atoms with Gasteiger partial charge in [0.1, 0.15) is 0 Å². The third-order valence-corrected chi connectivity index (χ3v) is 6.05. The molecule has 0 aromatic rings.